The van der Waals surface area contributed by atoms with Gasteiger partial charge in [0.25, 0.3) is 0 Å². The van der Waals surface area contributed by atoms with Gasteiger partial charge in [0, 0.05) is 5.69 Å². The molecule has 3 rings (SSSR count). The van der Waals surface area contributed by atoms with E-state index in [0.29, 0.717) is 16.6 Å². The molecule has 1 aliphatic carbocycles. The first kappa shape index (κ1) is 19.8. The molecule has 2 aromatic carbocycles. The van der Waals surface area contributed by atoms with E-state index in [4.69, 9.17) is 21.7 Å². The number of hydrogen-bond acceptors (Lipinski definition) is 5. The number of nitrogens with one attached hydrogen (secondary N) is 2. The normalized spacial score (nSPS) is 13.2. The third-order valence-electron chi connectivity index (χ3n) is 4.32. The first-order valence-corrected chi connectivity index (χ1v) is 9.44. The van der Waals surface area contributed by atoms with Gasteiger partial charge in [-0.15, -0.1) is 0 Å². The van der Waals surface area contributed by atoms with Crippen LogP contribution in [0, 0.1) is 19.8 Å². The number of carbonyl (C=O) groups excluding carboxylic acids is 1. The number of ether oxygens (including phenoxy) is 2. The van der Waals surface area contributed by atoms with Crippen molar-refractivity contribution in [3.8, 4) is 11.5 Å². The third kappa shape index (κ3) is 5.29. The smallest absolute Gasteiger partial charge is 0.314 e. The molecule has 28 heavy (non-hydrogen) atoms. The van der Waals surface area contributed by atoms with E-state index in [1.54, 1.807) is 24.4 Å². The van der Waals surface area contributed by atoms with Crippen molar-refractivity contribution in [3.63, 3.8) is 0 Å². The van der Waals surface area contributed by atoms with Gasteiger partial charge >= 0.3 is 5.97 Å². The van der Waals surface area contributed by atoms with Crippen molar-refractivity contribution in [2.24, 2.45) is 11.0 Å². The van der Waals surface area contributed by atoms with Gasteiger partial charge in [-0.1, -0.05) is 17.7 Å². The van der Waals surface area contributed by atoms with Gasteiger partial charge in [0.1, 0.15) is 0 Å². The summed E-state index contributed by atoms with van der Waals surface area (Å²) in [6, 6.07) is 11.3. The van der Waals surface area contributed by atoms with Gasteiger partial charge < -0.3 is 14.8 Å². The number of anilines is 1. The highest BCUT2D eigenvalue weighted by molar-refractivity contribution is 7.80. The van der Waals surface area contributed by atoms with Crippen LogP contribution >= 0.6 is 12.2 Å². The minimum Gasteiger partial charge on any atom is -0.493 e. The summed E-state index contributed by atoms with van der Waals surface area (Å²) < 4.78 is 10.7. The first-order valence-electron chi connectivity index (χ1n) is 9.03. The quantitative estimate of drug-likeness (QED) is 0.253. The van der Waals surface area contributed by atoms with E-state index in [1.165, 1.54) is 12.7 Å². The van der Waals surface area contributed by atoms with Crippen LogP contribution in [0.1, 0.15) is 29.5 Å². The molecule has 0 saturated heterocycles. The highest BCUT2D eigenvalue weighted by Crippen LogP contribution is 2.34. The lowest BCUT2D eigenvalue weighted by Gasteiger charge is -2.11. The molecule has 146 valence electrons. The third-order valence-corrected chi connectivity index (χ3v) is 4.51. The second kappa shape index (κ2) is 8.84. The molecule has 0 aromatic heterocycles. The standard InChI is InChI=1S/C21H23N3O3S/c1-13-4-8-17(14(2)10-13)23-21(28)24-22-12-15-5-9-18(19(11-15)26-3)27-20(25)16-6-7-16/h4-5,8-12,16H,6-7H2,1-3H3,(H2,23,24,28)/b22-12-. The number of nitrogens with zero attached hydrogens (tertiary/aromatic N) is 1. The van der Waals surface area contributed by atoms with Gasteiger partial charge in [0.15, 0.2) is 16.6 Å². The second-order valence-corrected chi connectivity index (χ2v) is 7.16. The molecule has 0 aliphatic heterocycles. The fourth-order valence-electron chi connectivity index (χ4n) is 2.63. The van der Waals surface area contributed by atoms with Crippen LogP contribution in [-0.2, 0) is 4.79 Å². The van der Waals surface area contributed by atoms with Crippen LogP contribution in [0.5, 0.6) is 11.5 Å². The number of methoxy groups -OCH3 is 1. The van der Waals surface area contributed by atoms with Gasteiger partial charge in [-0.3, -0.25) is 10.2 Å². The second-order valence-electron chi connectivity index (χ2n) is 6.75. The molecule has 0 atom stereocenters. The van der Waals surface area contributed by atoms with Crippen molar-refractivity contribution in [1.82, 2.24) is 5.43 Å². The Morgan fingerprint density at radius 2 is 1.96 bits per heavy atom. The van der Waals surface area contributed by atoms with Crippen molar-refractivity contribution in [2.45, 2.75) is 26.7 Å². The zero-order chi connectivity index (χ0) is 20.1. The van der Waals surface area contributed by atoms with E-state index < -0.39 is 0 Å². The van der Waals surface area contributed by atoms with Gasteiger partial charge in [-0.25, -0.2) is 0 Å². The molecule has 0 heterocycles. The molecule has 0 bridgehead atoms. The Balaban J connectivity index is 1.58. The van der Waals surface area contributed by atoms with Crippen molar-refractivity contribution in [3.05, 3.63) is 53.1 Å². The fraction of sp³-hybridized carbons (Fsp3) is 0.286. The number of carbonyl (C=O) groups is 1. The number of esters is 1. The Morgan fingerprint density at radius 1 is 1.18 bits per heavy atom. The van der Waals surface area contributed by atoms with Gasteiger partial charge in [-0.2, -0.15) is 5.10 Å². The molecule has 6 nitrogen and oxygen atoms in total. The summed E-state index contributed by atoms with van der Waals surface area (Å²) in [6.07, 6.45) is 3.41. The van der Waals surface area contributed by atoms with Crippen LogP contribution in [0.2, 0.25) is 0 Å². The molecule has 2 aromatic rings. The summed E-state index contributed by atoms with van der Waals surface area (Å²) in [4.78, 5) is 11.8. The van der Waals surface area contributed by atoms with Crippen LogP contribution in [-0.4, -0.2) is 24.4 Å². The molecule has 0 spiro atoms. The highest BCUT2D eigenvalue weighted by atomic mass is 32.1. The molecular weight excluding hydrogens is 374 g/mol. The average molecular weight is 398 g/mol. The van der Waals surface area contributed by atoms with Crippen LogP contribution in [0.3, 0.4) is 0 Å². The van der Waals surface area contributed by atoms with Crippen molar-refractivity contribution >= 4 is 35.2 Å². The number of benzene rings is 2. The van der Waals surface area contributed by atoms with Crippen LogP contribution in [0.15, 0.2) is 41.5 Å². The van der Waals surface area contributed by atoms with Crippen molar-refractivity contribution in [2.75, 3.05) is 12.4 Å². The largest absolute Gasteiger partial charge is 0.493 e. The summed E-state index contributed by atoms with van der Waals surface area (Å²) in [6.45, 7) is 4.06. The summed E-state index contributed by atoms with van der Waals surface area (Å²) >= 11 is 5.27. The lowest BCUT2D eigenvalue weighted by Crippen LogP contribution is -2.24. The Labute approximate surface area is 169 Å². The summed E-state index contributed by atoms with van der Waals surface area (Å²) in [5, 5.41) is 7.66. The zero-order valence-corrected chi connectivity index (χ0v) is 16.9. The Kier molecular flexibility index (Phi) is 6.26. The molecule has 2 N–H and O–H groups in total. The first-order chi connectivity index (χ1) is 13.5. The lowest BCUT2D eigenvalue weighted by atomic mass is 10.1. The topological polar surface area (TPSA) is 71.9 Å². The minimum absolute atomic E-state index is 0.0285. The van der Waals surface area contributed by atoms with E-state index in [-0.39, 0.29) is 11.9 Å². The Hall–Kier alpha value is -2.93. The maximum absolute atomic E-state index is 11.8. The molecule has 0 radical (unpaired) electrons. The van der Waals surface area contributed by atoms with Crippen molar-refractivity contribution in [1.29, 1.82) is 0 Å². The van der Waals surface area contributed by atoms with E-state index in [0.717, 1.165) is 29.7 Å². The van der Waals surface area contributed by atoms with E-state index in [1.807, 2.05) is 26.0 Å². The van der Waals surface area contributed by atoms with Gasteiger partial charge in [0.2, 0.25) is 0 Å². The zero-order valence-electron chi connectivity index (χ0n) is 16.1. The van der Waals surface area contributed by atoms with Crippen LogP contribution in [0.4, 0.5) is 5.69 Å². The number of aryl methyl sites for hydroxylation is 2. The summed E-state index contributed by atoms with van der Waals surface area (Å²) in [5.74, 6) is 0.718. The summed E-state index contributed by atoms with van der Waals surface area (Å²) in [7, 11) is 1.53. The van der Waals surface area contributed by atoms with Gasteiger partial charge in [-0.05, 0) is 74.3 Å². The predicted octanol–water partition coefficient (Wildman–Crippen LogP) is 3.95. The lowest BCUT2D eigenvalue weighted by molar-refractivity contribution is -0.135. The summed E-state index contributed by atoms with van der Waals surface area (Å²) in [5.41, 5.74) is 6.81. The van der Waals surface area contributed by atoms with Crippen LogP contribution in [0.25, 0.3) is 0 Å². The number of rotatable bonds is 6. The SMILES string of the molecule is COc1cc(/C=N\NC(=S)Nc2ccc(C)cc2C)ccc1OC(=O)C1CC1. The molecule has 1 aliphatic rings. The van der Waals surface area contributed by atoms with E-state index >= 15 is 0 Å². The maximum atomic E-state index is 11.8. The number of thiocarbonyl (C=S) groups is 1. The molecule has 1 fully saturated rings. The monoisotopic (exact) mass is 397 g/mol. The van der Waals surface area contributed by atoms with Crippen molar-refractivity contribution < 1.29 is 14.3 Å². The molecule has 7 heteroatoms. The van der Waals surface area contributed by atoms with Gasteiger partial charge in [0.05, 0.1) is 19.2 Å². The highest BCUT2D eigenvalue weighted by Gasteiger charge is 2.32. The molecule has 1 saturated carbocycles. The van der Waals surface area contributed by atoms with Crippen LogP contribution < -0.4 is 20.2 Å². The Bertz CT molecular complexity index is 923. The maximum Gasteiger partial charge on any atom is 0.314 e. The van der Waals surface area contributed by atoms with E-state index in [2.05, 4.69) is 21.9 Å². The Morgan fingerprint density at radius 3 is 2.64 bits per heavy atom. The average Bonchev–Trinajstić information content (AvgIpc) is 3.50. The molecule has 0 amide bonds. The molecule has 0 unspecified atom stereocenters. The number of hydrogen-bond donors (Lipinski definition) is 2. The predicted molar refractivity (Wildman–Crippen MR) is 114 cm³/mol. The fourth-order valence-corrected chi connectivity index (χ4v) is 2.79. The van der Waals surface area contributed by atoms with E-state index in [9.17, 15) is 4.79 Å². The molecular formula is C21H23N3O3S. The minimum atomic E-state index is -0.204. The number of hydrazone groups is 1.